The summed E-state index contributed by atoms with van der Waals surface area (Å²) >= 11 is 0. The maximum absolute atomic E-state index is 11.9. The quantitative estimate of drug-likeness (QED) is 0.384. The van der Waals surface area contributed by atoms with Gasteiger partial charge in [0.25, 0.3) is 0 Å². The summed E-state index contributed by atoms with van der Waals surface area (Å²) < 4.78 is 0. The first-order valence-corrected chi connectivity index (χ1v) is 7.72. The van der Waals surface area contributed by atoms with Crippen LogP contribution in [0.4, 0.5) is 11.4 Å². The van der Waals surface area contributed by atoms with Crippen LogP contribution >= 0.6 is 0 Å². The van der Waals surface area contributed by atoms with Crippen molar-refractivity contribution in [2.24, 2.45) is 0 Å². The molecule has 0 amide bonds. The number of aliphatic hydroxyl groups is 1. The highest BCUT2D eigenvalue weighted by Gasteiger charge is 2.51. The third-order valence-electron chi connectivity index (χ3n) is 4.12. The van der Waals surface area contributed by atoms with Gasteiger partial charge in [0.1, 0.15) is 5.92 Å². The molecule has 0 bridgehead atoms. The maximum Gasteiger partial charge on any atom is 0.337 e. The Bertz CT molecular complexity index is 895. The monoisotopic (exact) mass is 374 g/mol. The summed E-state index contributed by atoms with van der Waals surface area (Å²) in [4.78, 5) is 34.6. The van der Waals surface area contributed by atoms with Crippen LogP contribution in [0.3, 0.4) is 0 Å². The molecule has 8 N–H and O–H groups in total. The molecule has 0 aliphatic carbocycles. The minimum Gasteiger partial charge on any atom is -0.481 e. The lowest BCUT2D eigenvalue weighted by Gasteiger charge is -2.30. The molecule has 0 aromatic heterocycles. The van der Waals surface area contributed by atoms with Crippen LogP contribution < -0.4 is 11.5 Å². The number of hydrogen-bond donors (Lipinski definition) is 6. The zero-order chi connectivity index (χ0) is 20.4. The molecule has 0 aliphatic heterocycles. The molecular weight excluding hydrogens is 356 g/mol. The number of rotatable bonds is 7. The second kappa shape index (κ2) is 7.34. The molecule has 0 saturated heterocycles. The lowest BCUT2D eigenvalue weighted by molar-refractivity contribution is -0.173. The van der Waals surface area contributed by atoms with Crippen molar-refractivity contribution in [2.45, 2.75) is 17.9 Å². The fraction of sp³-hybridized carbons (Fsp3) is 0.167. The summed E-state index contributed by atoms with van der Waals surface area (Å²) in [6.07, 6.45) is -1.31. The summed E-state index contributed by atoms with van der Waals surface area (Å²) in [5, 5.41) is 38.6. The summed E-state index contributed by atoms with van der Waals surface area (Å²) in [6.45, 7) is 0. The van der Waals surface area contributed by atoms with E-state index in [4.69, 9.17) is 16.6 Å². The maximum atomic E-state index is 11.9. The van der Waals surface area contributed by atoms with Gasteiger partial charge in [0.15, 0.2) is 5.60 Å². The van der Waals surface area contributed by atoms with Crippen molar-refractivity contribution in [3.05, 3.63) is 48.0 Å². The Morgan fingerprint density at radius 3 is 1.96 bits per heavy atom. The van der Waals surface area contributed by atoms with E-state index >= 15 is 0 Å². The van der Waals surface area contributed by atoms with Crippen LogP contribution in [0.2, 0.25) is 0 Å². The third-order valence-corrected chi connectivity index (χ3v) is 4.12. The topological polar surface area (TPSA) is 184 Å². The molecular formula is C18H18N2O7. The molecule has 9 heteroatoms. The zero-order valence-corrected chi connectivity index (χ0v) is 14.0. The Labute approximate surface area is 153 Å². The van der Waals surface area contributed by atoms with Crippen LogP contribution in [-0.4, -0.2) is 43.9 Å². The Kier molecular flexibility index (Phi) is 5.36. The van der Waals surface area contributed by atoms with E-state index in [0.717, 1.165) is 0 Å². The first-order chi connectivity index (χ1) is 12.6. The van der Waals surface area contributed by atoms with Crippen molar-refractivity contribution in [1.29, 1.82) is 0 Å². The molecule has 27 heavy (non-hydrogen) atoms. The van der Waals surface area contributed by atoms with Crippen LogP contribution in [-0.2, 0) is 14.4 Å². The standard InChI is InChI=1S/C18H18N2O7/c19-10-3-1-9(2-4-10)12-6-5-11(20)7-13(12)15(16(23)24)18(27,17(25)26)8-14(21)22/h1-7,15,27H,8,19-20H2,(H,21,22)(H,23,24)(H,25,26). The Balaban J connectivity index is 2.75. The number of nitrogen functional groups attached to an aromatic ring is 2. The van der Waals surface area contributed by atoms with Crippen molar-refractivity contribution in [3.63, 3.8) is 0 Å². The average molecular weight is 374 g/mol. The van der Waals surface area contributed by atoms with Gasteiger partial charge in [-0.2, -0.15) is 0 Å². The molecule has 0 spiro atoms. The Morgan fingerprint density at radius 1 is 0.926 bits per heavy atom. The van der Waals surface area contributed by atoms with Crippen LogP contribution in [0.5, 0.6) is 0 Å². The van der Waals surface area contributed by atoms with E-state index < -0.39 is 35.8 Å². The lowest BCUT2D eigenvalue weighted by Crippen LogP contribution is -2.49. The predicted octanol–water partition coefficient (Wildman–Crippen LogP) is 0.977. The molecule has 0 aliphatic rings. The smallest absolute Gasteiger partial charge is 0.337 e. The molecule has 0 saturated carbocycles. The van der Waals surface area contributed by atoms with E-state index in [-0.39, 0.29) is 16.8 Å². The molecule has 2 aromatic rings. The highest BCUT2D eigenvalue weighted by atomic mass is 16.4. The number of carboxylic acid groups (broad SMARTS) is 3. The first-order valence-electron chi connectivity index (χ1n) is 7.72. The minimum atomic E-state index is -3.09. The number of carboxylic acids is 3. The summed E-state index contributed by atoms with van der Waals surface area (Å²) in [7, 11) is 0. The van der Waals surface area contributed by atoms with Crippen LogP contribution in [0, 0.1) is 0 Å². The zero-order valence-electron chi connectivity index (χ0n) is 14.0. The van der Waals surface area contributed by atoms with E-state index in [2.05, 4.69) is 0 Å². The second-order valence-electron chi connectivity index (χ2n) is 6.04. The number of benzene rings is 2. The van der Waals surface area contributed by atoms with Gasteiger partial charge in [0.2, 0.25) is 0 Å². The predicted molar refractivity (Wildman–Crippen MR) is 95.9 cm³/mol. The van der Waals surface area contributed by atoms with Crippen LogP contribution in [0.1, 0.15) is 17.9 Å². The molecule has 2 rings (SSSR count). The van der Waals surface area contributed by atoms with Gasteiger partial charge in [-0.3, -0.25) is 9.59 Å². The van der Waals surface area contributed by atoms with Crippen LogP contribution in [0.15, 0.2) is 42.5 Å². The van der Waals surface area contributed by atoms with E-state index in [1.807, 2.05) is 0 Å². The number of nitrogens with two attached hydrogens (primary N) is 2. The summed E-state index contributed by atoms with van der Waals surface area (Å²) in [6, 6.07) is 10.4. The van der Waals surface area contributed by atoms with Crippen molar-refractivity contribution < 1.29 is 34.8 Å². The van der Waals surface area contributed by atoms with E-state index in [1.54, 1.807) is 24.3 Å². The molecule has 2 aromatic carbocycles. The molecule has 0 fully saturated rings. The van der Waals surface area contributed by atoms with Crippen molar-refractivity contribution in [3.8, 4) is 11.1 Å². The number of anilines is 2. The van der Waals surface area contributed by atoms with Crippen LogP contribution in [0.25, 0.3) is 11.1 Å². The highest BCUT2D eigenvalue weighted by molar-refractivity contribution is 5.94. The van der Waals surface area contributed by atoms with E-state index in [1.165, 1.54) is 18.2 Å². The SMILES string of the molecule is Nc1ccc(-c2ccc(N)cc2C(C(=O)O)C(O)(CC(=O)O)C(=O)O)cc1. The Hall–Kier alpha value is -3.59. The number of hydrogen-bond acceptors (Lipinski definition) is 6. The van der Waals surface area contributed by atoms with Crippen molar-refractivity contribution in [1.82, 2.24) is 0 Å². The Morgan fingerprint density at radius 2 is 1.48 bits per heavy atom. The number of carbonyl (C=O) groups is 3. The minimum absolute atomic E-state index is 0.124. The van der Waals surface area contributed by atoms with Crippen molar-refractivity contribution in [2.75, 3.05) is 11.5 Å². The van der Waals surface area contributed by atoms with Gasteiger partial charge in [-0.1, -0.05) is 18.2 Å². The fourth-order valence-electron chi connectivity index (χ4n) is 2.87. The molecule has 9 nitrogen and oxygen atoms in total. The van der Waals surface area contributed by atoms with E-state index in [0.29, 0.717) is 11.3 Å². The molecule has 2 unspecified atom stereocenters. The molecule has 142 valence electrons. The largest absolute Gasteiger partial charge is 0.481 e. The fourth-order valence-corrected chi connectivity index (χ4v) is 2.87. The molecule has 0 radical (unpaired) electrons. The van der Waals surface area contributed by atoms with E-state index in [9.17, 15) is 29.7 Å². The number of aliphatic carboxylic acids is 3. The summed E-state index contributed by atoms with van der Waals surface area (Å²) in [5.74, 6) is -7.42. The van der Waals surface area contributed by atoms with Gasteiger partial charge in [-0.25, -0.2) is 4.79 Å². The highest BCUT2D eigenvalue weighted by Crippen LogP contribution is 2.39. The normalized spacial score (nSPS) is 14.1. The van der Waals surface area contributed by atoms with Gasteiger partial charge >= 0.3 is 17.9 Å². The first kappa shape index (κ1) is 19.7. The van der Waals surface area contributed by atoms with Gasteiger partial charge in [-0.15, -0.1) is 0 Å². The molecule has 2 atom stereocenters. The summed E-state index contributed by atoms with van der Waals surface area (Å²) in [5.41, 5.74) is 9.51. The van der Waals surface area contributed by atoms with Gasteiger partial charge in [0.05, 0.1) is 6.42 Å². The van der Waals surface area contributed by atoms with Gasteiger partial charge < -0.3 is 31.9 Å². The average Bonchev–Trinajstić information content (AvgIpc) is 2.55. The lowest BCUT2D eigenvalue weighted by atomic mass is 9.77. The van der Waals surface area contributed by atoms with Gasteiger partial charge in [0, 0.05) is 11.4 Å². The molecule has 0 heterocycles. The van der Waals surface area contributed by atoms with Crippen molar-refractivity contribution >= 4 is 29.3 Å². The second-order valence-corrected chi connectivity index (χ2v) is 6.04. The third kappa shape index (κ3) is 3.98. The van der Waals surface area contributed by atoms with Gasteiger partial charge in [-0.05, 0) is 41.0 Å².